The van der Waals surface area contributed by atoms with Gasteiger partial charge in [0.15, 0.2) is 6.61 Å². The largest absolute Gasteiger partial charge is 0.486 e. The highest BCUT2D eigenvalue weighted by Gasteiger charge is 2.40. The Balaban J connectivity index is 1.44. The van der Waals surface area contributed by atoms with Gasteiger partial charge in [0, 0.05) is 37.8 Å². The number of benzene rings is 2. The molecular formula is C27H29N3O8. The number of rotatable bonds is 2. The van der Waals surface area contributed by atoms with Crippen molar-refractivity contribution in [2.75, 3.05) is 32.9 Å². The number of hydrogen-bond acceptors (Lipinski definition) is 7. The predicted octanol–water partition coefficient (Wildman–Crippen LogP) is 1.21. The predicted molar refractivity (Wildman–Crippen MR) is 133 cm³/mol. The lowest BCUT2D eigenvalue weighted by molar-refractivity contribution is -0.137. The van der Waals surface area contributed by atoms with E-state index in [9.17, 15) is 24.3 Å². The van der Waals surface area contributed by atoms with Crippen molar-refractivity contribution in [1.82, 2.24) is 15.5 Å². The summed E-state index contributed by atoms with van der Waals surface area (Å²) >= 11 is 0. The van der Waals surface area contributed by atoms with Gasteiger partial charge in [-0.05, 0) is 48.7 Å². The molecule has 0 radical (unpaired) electrons. The van der Waals surface area contributed by atoms with Crippen molar-refractivity contribution < 1.29 is 38.5 Å². The molecule has 2 aromatic rings. The van der Waals surface area contributed by atoms with Crippen LogP contribution < -0.4 is 20.1 Å². The molecule has 11 heteroatoms. The van der Waals surface area contributed by atoms with Gasteiger partial charge in [0.05, 0.1) is 18.2 Å². The standard InChI is InChI=1S/C27H29N3O8/c31-24-15-37-21-10-18(9-19(11-21)27(34)35)25(32)29-22-13-30(26(33)17-5-7-36-8-6-17)14-23(22)38-20-3-1-16(2-4-20)12-28-24/h1-4,9-11,17,22-23H,5-8,12-15H2,(H,28,31)(H,29,32)(H,34,35)/t22-,23-/m0/s1. The fourth-order valence-electron chi connectivity index (χ4n) is 4.86. The summed E-state index contributed by atoms with van der Waals surface area (Å²) in [7, 11) is 0. The number of fused-ring (bicyclic) bond motifs is 7. The summed E-state index contributed by atoms with van der Waals surface area (Å²) in [5.74, 6) is -1.66. The van der Waals surface area contributed by atoms with E-state index in [1.165, 1.54) is 18.2 Å². The third kappa shape index (κ3) is 5.88. The molecule has 4 bridgehead atoms. The van der Waals surface area contributed by atoms with E-state index < -0.39 is 29.9 Å². The van der Waals surface area contributed by atoms with Gasteiger partial charge in [0.2, 0.25) is 5.91 Å². The third-order valence-corrected chi connectivity index (χ3v) is 6.95. The number of nitrogens with one attached hydrogen (secondary N) is 2. The number of nitrogens with zero attached hydrogens (tertiary/aromatic N) is 1. The summed E-state index contributed by atoms with van der Waals surface area (Å²) in [6.45, 7) is 1.55. The molecule has 11 nitrogen and oxygen atoms in total. The molecule has 2 atom stereocenters. The number of carboxylic acid groups (broad SMARTS) is 1. The normalized spacial score (nSPS) is 22.4. The minimum Gasteiger partial charge on any atom is -0.486 e. The lowest BCUT2D eigenvalue weighted by Crippen LogP contribution is -2.45. The molecule has 0 unspecified atom stereocenters. The molecular weight excluding hydrogens is 494 g/mol. The molecule has 4 aliphatic heterocycles. The van der Waals surface area contributed by atoms with Crippen LogP contribution in [0.2, 0.25) is 0 Å². The Labute approximate surface area is 219 Å². The van der Waals surface area contributed by atoms with E-state index in [4.69, 9.17) is 14.2 Å². The van der Waals surface area contributed by atoms with E-state index in [1.54, 1.807) is 17.0 Å². The van der Waals surface area contributed by atoms with Crippen LogP contribution in [0.1, 0.15) is 39.1 Å². The number of carboxylic acids is 1. The first-order valence-corrected chi connectivity index (χ1v) is 12.6. The Morgan fingerprint density at radius 3 is 2.47 bits per heavy atom. The van der Waals surface area contributed by atoms with E-state index in [1.807, 2.05) is 12.1 Å². The molecule has 0 spiro atoms. The first-order chi connectivity index (χ1) is 18.4. The van der Waals surface area contributed by atoms with Gasteiger partial charge >= 0.3 is 5.97 Å². The number of hydrogen-bond donors (Lipinski definition) is 3. The van der Waals surface area contributed by atoms with Gasteiger partial charge in [-0.2, -0.15) is 0 Å². The molecule has 6 rings (SSSR count). The van der Waals surface area contributed by atoms with Crippen molar-refractivity contribution in [3.05, 3.63) is 59.2 Å². The molecule has 2 saturated heterocycles. The smallest absolute Gasteiger partial charge is 0.335 e. The van der Waals surface area contributed by atoms with Crippen LogP contribution in [-0.2, 0) is 20.9 Å². The fraction of sp³-hybridized carbons (Fsp3) is 0.407. The summed E-state index contributed by atoms with van der Waals surface area (Å²) in [6.07, 6.45) is 0.781. The quantitative estimate of drug-likeness (QED) is 0.533. The highest BCUT2D eigenvalue weighted by molar-refractivity contribution is 5.98. The van der Waals surface area contributed by atoms with E-state index in [-0.39, 0.29) is 48.4 Å². The van der Waals surface area contributed by atoms with E-state index in [0.29, 0.717) is 38.3 Å². The summed E-state index contributed by atoms with van der Waals surface area (Å²) < 4.78 is 17.1. The summed E-state index contributed by atoms with van der Waals surface area (Å²) in [6, 6.07) is 10.6. The molecule has 4 heterocycles. The second-order valence-electron chi connectivity index (χ2n) is 9.63. The number of likely N-dealkylation sites (tertiary alicyclic amines) is 1. The summed E-state index contributed by atoms with van der Waals surface area (Å²) in [5, 5.41) is 15.2. The van der Waals surface area contributed by atoms with Crippen LogP contribution in [0.25, 0.3) is 0 Å². The molecule has 3 amide bonds. The zero-order chi connectivity index (χ0) is 26.6. The highest BCUT2D eigenvalue weighted by atomic mass is 16.5. The number of carbonyl (C=O) groups excluding carboxylic acids is 3. The highest BCUT2D eigenvalue weighted by Crippen LogP contribution is 2.25. The number of ether oxygens (including phenoxy) is 3. The Hall–Kier alpha value is -4.12. The van der Waals surface area contributed by atoms with Crippen molar-refractivity contribution >= 4 is 23.7 Å². The molecule has 2 fully saturated rings. The topological polar surface area (TPSA) is 144 Å². The minimum absolute atomic E-state index is 0.00967. The minimum atomic E-state index is -1.24. The zero-order valence-corrected chi connectivity index (χ0v) is 20.7. The van der Waals surface area contributed by atoms with E-state index >= 15 is 0 Å². The van der Waals surface area contributed by atoms with Gasteiger partial charge in [-0.3, -0.25) is 14.4 Å². The zero-order valence-electron chi connectivity index (χ0n) is 20.7. The van der Waals surface area contributed by atoms with Crippen molar-refractivity contribution in [2.24, 2.45) is 5.92 Å². The molecule has 0 saturated carbocycles. The van der Waals surface area contributed by atoms with Gasteiger partial charge < -0.3 is 34.9 Å². The first kappa shape index (κ1) is 25.5. The Kier molecular flexibility index (Phi) is 7.45. The molecule has 200 valence electrons. The van der Waals surface area contributed by atoms with E-state index in [2.05, 4.69) is 10.6 Å². The average Bonchev–Trinajstić information content (AvgIpc) is 3.32. The Morgan fingerprint density at radius 1 is 0.974 bits per heavy atom. The average molecular weight is 524 g/mol. The molecule has 38 heavy (non-hydrogen) atoms. The summed E-state index contributed by atoms with van der Waals surface area (Å²) in [4.78, 5) is 52.2. The number of amides is 3. The lowest BCUT2D eigenvalue weighted by atomic mass is 9.99. The van der Waals surface area contributed by atoms with Gasteiger partial charge in [-0.15, -0.1) is 0 Å². The second kappa shape index (κ2) is 11.1. The Bertz CT molecular complexity index is 1230. The first-order valence-electron chi connectivity index (χ1n) is 12.6. The van der Waals surface area contributed by atoms with Crippen LogP contribution >= 0.6 is 0 Å². The molecule has 0 aromatic heterocycles. The number of aromatic carboxylic acids is 1. The molecule has 3 N–H and O–H groups in total. The SMILES string of the molecule is O=C1COc2cc(C(=O)O)cc(c2)C(=O)N[C@H]2CN(C(=O)C3CCOCC3)C[C@@H]2Oc2ccc(cc2)CN1. The second-order valence-corrected chi connectivity index (χ2v) is 9.63. The van der Waals surface area contributed by atoms with Gasteiger partial charge in [0.25, 0.3) is 11.8 Å². The van der Waals surface area contributed by atoms with Crippen LogP contribution in [0.4, 0.5) is 0 Å². The van der Waals surface area contributed by atoms with Crippen molar-refractivity contribution in [2.45, 2.75) is 31.5 Å². The van der Waals surface area contributed by atoms with Gasteiger partial charge in [0.1, 0.15) is 17.6 Å². The van der Waals surface area contributed by atoms with Gasteiger partial charge in [-0.1, -0.05) is 12.1 Å². The van der Waals surface area contributed by atoms with Crippen LogP contribution in [0.5, 0.6) is 11.5 Å². The van der Waals surface area contributed by atoms with Crippen molar-refractivity contribution in [3.8, 4) is 11.5 Å². The maximum absolute atomic E-state index is 13.3. The van der Waals surface area contributed by atoms with Crippen molar-refractivity contribution in [3.63, 3.8) is 0 Å². The third-order valence-electron chi connectivity index (χ3n) is 6.95. The van der Waals surface area contributed by atoms with Gasteiger partial charge in [-0.25, -0.2) is 4.79 Å². The Morgan fingerprint density at radius 2 is 1.74 bits per heavy atom. The number of carbonyl (C=O) groups is 4. The van der Waals surface area contributed by atoms with Crippen LogP contribution in [0.3, 0.4) is 0 Å². The van der Waals surface area contributed by atoms with Crippen LogP contribution in [0.15, 0.2) is 42.5 Å². The maximum atomic E-state index is 13.3. The molecule has 0 aliphatic carbocycles. The lowest BCUT2D eigenvalue weighted by Gasteiger charge is -2.26. The van der Waals surface area contributed by atoms with Crippen molar-refractivity contribution in [1.29, 1.82) is 0 Å². The summed E-state index contributed by atoms with van der Waals surface area (Å²) in [5.41, 5.74) is 0.748. The van der Waals surface area contributed by atoms with Crippen LogP contribution in [0, 0.1) is 5.92 Å². The fourth-order valence-corrected chi connectivity index (χ4v) is 4.86. The van der Waals surface area contributed by atoms with Crippen LogP contribution in [-0.4, -0.2) is 78.8 Å². The maximum Gasteiger partial charge on any atom is 0.335 e. The molecule has 2 aromatic carbocycles. The monoisotopic (exact) mass is 523 g/mol. The van der Waals surface area contributed by atoms with E-state index in [0.717, 1.165) is 5.56 Å². The molecule has 4 aliphatic rings.